The van der Waals surface area contributed by atoms with Gasteiger partial charge >= 0.3 is 0 Å². The van der Waals surface area contributed by atoms with Gasteiger partial charge in [-0.3, -0.25) is 4.79 Å². The molecule has 0 aromatic carbocycles. The second-order valence-corrected chi connectivity index (χ2v) is 4.38. The highest BCUT2D eigenvalue weighted by molar-refractivity contribution is 5.34. The molecule has 70 valence electrons. The molecule has 1 saturated carbocycles. The van der Waals surface area contributed by atoms with Gasteiger partial charge in [-0.15, -0.1) is 0 Å². The number of pyridine rings is 1. The van der Waals surface area contributed by atoms with E-state index in [0.29, 0.717) is 11.7 Å². The van der Waals surface area contributed by atoms with Gasteiger partial charge in [0.15, 0.2) is 0 Å². The van der Waals surface area contributed by atoms with Crippen LogP contribution in [0.3, 0.4) is 0 Å². The zero-order valence-electron chi connectivity index (χ0n) is 7.95. The summed E-state index contributed by atoms with van der Waals surface area (Å²) in [5, 5.41) is 0. The summed E-state index contributed by atoms with van der Waals surface area (Å²) in [6.45, 7) is 4.32. The quantitative estimate of drug-likeness (QED) is 0.706. The number of hydrogen-bond donors (Lipinski definition) is 1. The molecule has 0 aliphatic heterocycles. The van der Waals surface area contributed by atoms with Crippen molar-refractivity contribution in [3.63, 3.8) is 0 Å². The number of nitrogens with zero attached hydrogens (tertiary/aromatic N) is 1. The SMILES string of the molecule is CC1(C)CC1n1cccc(N)c1=O. The normalized spacial score (nSPS) is 24.3. The Labute approximate surface area is 77.2 Å². The molecule has 0 amide bonds. The Hall–Kier alpha value is -1.25. The van der Waals surface area contributed by atoms with Gasteiger partial charge in [0, 0.05) is 12.2 Å². The van der Waals surface area contributed by atoms with Gasteiger partial charge in [0.2, 0.25) is 0 Å². The van der Waals surface area contributed by atoms with Crippen molar-refractivity contribution in [3.05, 3.63) is 28.7 Å². The van der Waals surface area contributed by atoms with Crippen LogP contribution < -0.4 is 11.3 Å². The van der Waals surface area contributed by atoms with Gasteiger partial charge in [-0.05, 0) is 24.0 Å². The summed E-state index contributed by atoms with van der Waals surface area (Å²) < 4.78 is 1.75. The Bertz CT molecular complexity index is 392. The molecule has 3 nitrogen and oxygen atoms in total. The van der Waals surface area contributed by atoms with Crippen LogP contribution in [-0.4, -0.2) is 4.57 Å². The third-order valence-corrected chi connectivity index (χ3v) is 2.80. The average Bonchev–Trinajstić information content (AvgIpc) is 2.66. The van der Waals surface area contributed by atoms with Gasteiger partial charge in [-0.2, -0.15) is 0 Å². The van der Waals surface area contributed by atoms with Gasteiger partial charge in [-0.1, -0.05) is 13.8 Å². The second-order valence-electron chi connectivity index (χ2n) is 4.38. The molecule has 1 unspecified atom stereocenters. The summed E-state index contributed by atoms with van der Waals surface area (Å²) in [5.74, 6) is 0. The lowest BCUT2D eigenvalue weighted by molar-refractivity contribution is 0.531. The van der Waals surface area contributed by atoms with E-state index < -0.39 is 0 Å². The minimum Gasteiger partial charge on any atom is -0.394 e. The summed E-state index contributed by atoms with van der Waals surface area (Å²) in [5.41, 5.74) is 6.08. The fraction of sp³-hybridized carbons (Fsp3) is 0.500. The molecule has 13 heavy (non-hydrogen) atoms. The molecule has 0 saturated heterocycles. The topological polar surface area (TPSA) is 48.0 Å². The zero-order chi connectivity index (χ0) is 9.64. The molecule has 1 aromatic rings. The van der Waals surface area contributed by atoms with E-state index >= 15 is 0 Å². The van der Waals surface area contributed by atoms with E-state index in [1.165, 1.54) is 0 Å². The van der Waals surface area contributed by atoms with Crippen molar-refractivity contribution in [1.29, 1.82) is 0 Å². The van der Waals surface area contributed by atoms with Crippen LogP contribution in [0.1, 0.15) is 26.3 Å². The first-order valence-electron chi connectivity index (χ1n) is 4.49. The molecule has 0 radical (unpaired) electrons. The fourth-order valence-electron chi connectivity index (χ4n) is 1.69. The second kappa shape index (κ2) is 2.37. The first-order chi connectivity index (χ1) is 6.02. The maximum atomic E-state index is 11.6. The Morgan fingerprint density at radius 1 is 1.62 bits per heavy atom. The van der Waals surface area contributed by atoms with E-state index in [1.54, 1.807) is 10.6 Å². The maximum Gasteiger partial charge on any atom is 0.273 e. The number of anilines is 1. The van der Waals surface area contributed by atoms with Crippen LogP contribution in [0.2, 0.25) is 0 Å². The first kappa shape index (κ1) is 8.35. The minimum absolute atomic E-state index is 0.0573. The highest BCUT2D eigenvalue weighted by atomic mass is 16.1. The van der Waals surface area contributed by atoms with Gasteiger partial charge < -0.3 is 10.3 Å². The lowest BCUT2D eigenvalue weighted by atomic mass is 10.2. The molecule has 2 rings (SSSR count). The number of nitrogens with two attached hydrogens (primary N) is 1. The predicted octanol–water partition coefficient (Wildman–Crippen LogP) is 1.40. The van der Waals surface area contributed by atoms with E-state index in [-0.39, 0.29) is 11.0 Å². The fourth-order valence-corrected chi connectivity index (χ4v) is 1.69. The van der Waals surface area contributed by atoms with Crippen LogP contribution >= 0.6 is 0 Å². The van der Waals surface area contributed by atoms with E-state index in [2.05, 4.69) is 13.8 Å². The number of nitrogen functional groups attached to an aromatic ring is 1. The summed E-state index contributed by atoms with van der Waals surface area (Å²) in [4.78, 5) is 11.6. The van der Waals surface area contributed by atoms with Crippen LogP contribution in [0.4, 0.5) is 5.69 Å². The lowest BCUT2D eigenvalue weighted by Gasteiger charge is -2.07. The van der Waals surface area contributed by atoms with E-state index in [0.717, 1.165) is 6.42 Å². The Morgan fingerprint density at radius 2 is 2.23 bits per heavy atom. The molecule has 1 fully saturated rings. The molecule has 1 heterocycles. The summed E-state index contributed by atoms with van der Waals surface area (Å²) in [6, 6.07) is 3.81. The lowest BCUT2D eigenvalue weighted by Crippen LogP contribution is -2.22. The van der Waals surface area contributed by atoms with E-state index in [4.69, 9.17) is 5.73 Å². The third-order valence-electron chi connectivity index (χ3n) is 2.80. The molecule has 2 N–H and O–H groups in total. The van der Waals surface area contributed by atoms with E-state index in [1.807, 2.05) is 12.3 Å². The monoisotopic (exact) mass is 178 g/mol. The van der Waals surface area contributed by atoms with Crippen LogP contribution in [0.25, 0.3) is 0 Å². The predicted molar refractivity (Wildman–Crippen MR) is 52.5 cm³/mol. The minimum atomic E-state index is -0.0573. The van der Waals surface area contributed by atoms with Crippen LogP contribution in [0.15, 0.2) is 23.1 Å². The van der Waals surface area contributed by atoms with Crippen LogP contribution in [0.5, 0.6) is 0 Å². The van der Waals surface area contributed by atoms with Crippen molar-refractivity contribution in [2.45, 2.75) is 26.3 Å². The highest BCUT2D eigenvalue weighted by Crippen LogP contribution is 2.54. The van der Waals surface area contributed by atoms with Crippen molar-refractivity contribution in [2.24, 2.45) is 5.41 Å². The molecule has 0 bridgehead atoms. The molecule has 1 atom stereocenters. The highest BCUT2D eigenvalue weighted by Gasteiger charge is 2.47. The van der Waals surface area contributed by atoms with Gasteiger partial charge in [0.1, 0.15) is 0 Å². The largest absolute Gasteiger partial charge is 0.394 e. The van der Waals surface area contributed by atoms with Crippen molar-refractivity contribution >= 4 is 5.69 Å². The maximum absolute atomic E-state index is 11.6. The third kappa shape index (κ3) is 1.24. The van der Waals surface area contributed by atoms with E-state index in [9.17, 15) is 4.79 Å². The molecule has 0 spiro atoms. The summed E-state index contributed by atoms with van der Waals surface area (Å²) in [6.07, 6.45) is 2.88. The Balaban J connectivity index is 2.44. The van der Waals surface area contributed by atoms with Crippen LogP contribution in [-0.2, 0) is 0 Å². The number of hydrogen-bond acceptors (Lipinski definition) is 2. The zero-order valence-corrected chi connectivity index (χ0v) is 7.95. The average molecular weight is 178 g/mol. The van der Waals surface area contributed by atoms with Gasteiger partial charge in [0.05, 0.1) is 5.69 Å². The Morgan fingerprint density at radius 3 is 2.77 bits per heavy atom. The number of aromatic nitrogens is 1. The van der Waals surface area contributed by atoms with Crippen molar-refractivity contribution in [1.82, 2.24) is 4.57 Å². The Kier molecular flexibility index (Phi) is 1.53. The molecule has 3 heteroatoms. The van der Waals surface area contributed by atoms with Crippen molar-refractivity contribution in [2.75, 3.05) is 5.73 Å². The first-order valence-corrected chi connectivity index (χ1v) is 4.49. The molecular weight excluding hydrogens is 164 g/mol. The molecular formula is C10H14N2O. The van der Waals surface area contributed by atoms with Crippen molar-refractivity contribution in [3.8, 4) is 0 Å². The molecule has 1 aliphatic rings. The van der Waals surface area contributed by atoms with Gasteiger partial charge in [0.25, 0.3) is 5.56 Å². The molecule has 1 aliphatic carbocycles. The smallest absolute Gasteiger partial charge is 0.273 e. The van der Waals surface area contributed by atoms with Crippen molar-refractivity contribution < 1.29 is 0 Å². The summed E-state index contributed by atoms with van der Waals surface area (Å²) in [7, 11) is 0. The number of rotatable bonds is 1. The van der Waals surface area contributed by atoms with Crippen LogP contribution in [0, 0.1) is 5.41 Å². The summed E-state index contributed by atoms with van der Waals surface area (Å²) >= 11 is 0. The molecule has 1 aromatic heterocycles. The van der Waals surface area contributed by atoms with Gasteiger partial charge in [-0.25, -0.2) is 0 Å². The standard InChI is InChI=1S/C10H14N2O/c1-10(2)6-8(10)12-5-3-4-7(11)9(12)13/h3-5,8H,6,11H2,1-2H3.